The molecule has 1 amide bonds. The van der Waals surface area contributed by atoms with Gasteiger partial charge in [-0.05, 0) is 30.5 Å². The lowest BCUT2D eigenvalue weighted by Crippen LogP contribution is -2.28. The Kier molecular flexibility index (Phi) is 6.93. The molecule has 1 atom stereocenters. The molecular weight excluding hydrogens is 346 g/mol. The Balaban J connectivity index is 2.01. The highest BCUT2D eigenvalue weighted by atomic mass is 35.5. The van der Waals surface area contributed by atoms with Crippen molar-refractivity contribution < 1.29 is 24.2 Å². The van der Waals surface area contributed by atoms with Crippen molar-refractivity contribution in [3.8, 4) is 11.5 Å². The molecule has 1 aliphatic rings. The van der Waals surface area contributed by atoms with Crippen molar-refractivity contribution in [1.29, 1.82) is 0 Å². The average molecular weight is 370 g/mol. The third-order valence-electron chi connectivity index (χ3n) is 4.27. The highest BCUT2D eigenvalue weighted by molar-refractivity contribution is 6.32. The van der Waals surface area contributed by atoms with Crippen LogP contribution in [0.2, 0.25) is 5.02 Å². The maximum absolute atomic E-state index is 11.9. The van der Waals surface area contributed by atoms with Crippen molar-refractivity contribution in [2.45, 2.75) is 32.6 Å². The van der Waals surface area contributed by atoms with Crippen LogP contribution in [0.5, 0.6) is 11.5 Å². The van der Waals surface area contributed by atoms with E-state index in [-0.39, 0.29) is 18.9 Å². The maximum atomic E-state index is 11.9. The second-order valence-corrected chi connectivity index (χ2v) is 6.55. The summed E-state index contributed by atoms with van der Waals surface area (Å²) in [6.07, 6.45) is 2.61. The molecule has 1 N–H and O–H groups in total. The van der Waals surface area contributed by atoms with Crippen LogP contribution in [0.1, 0.15) is 31.7 Å². The van der Waals surface area contributed by atoms with Gasteiger partial charge in [0, 0.05) is 19.5 Å². The van der Waals surface area contributed by atoms with Crippen molar-refractivity contribution >= 4 is 23.5 Å². The highest BCUT2D eigenvalue weighted by Gasteiger charge is 2.33. The average Bonchev–Trinajstić information content (AvgIpc) is 2.95. The van der Waals surface area contributed by atoms with Crippen molar-refractivity contribution in [3.05, 3.63) is 22.7 Å². The normalized spacial score (nSPS) is 17.0. The number of rotatable bonds is 9. The number of amides is 1. The number of likely N-dealkylation sites (tertiary alicyclic amines) is 1. The molecule has 0 aromatic heterocycles. The molecule has 1 unspecified atom stereocenters. The summed E-state index contributed by atoms with van der Waals surface area (Å²) in [6, 6.07) is 3.66. The zero-order chi connectivity index (χ0) is 18.4. The molecule has 1 aromatic rings. The number of carboxylic acid groups (broad SMARTS) is 1. The van der Waals surface area contributed by atoms with Crippen LogP contribution in [0.4, 0.5) is 0 Å². The molecule has 1 aromatic carbocycles. The summed E-state index contributed by atoms with van der Waals surface area (Å²) >= 11 is 6.32. The van der Waals surface area contributed by atoms with Gasteiger partial charge in [0.25, 0.3) is 0 Å². The van der Waals surface area contributed by atoms with Gasteiger partial charge < -0.3 is 19.5 Å². The molecule has 0 spiro atoms. The molecule has 2 rings (SSSR count). The first-order valence-corrected chi connectivity index (χ1v) is 8.83. The molecule has 1 heterocycles. The lowest BCUT2D eigenvalue weighted by Gasteiger charge is -2.17. The standard InChI is InChI=1S/C18H24ClNO5/c1-3-4-7-25-17-14(19)8-12(9-15(17)24-2)5-6-20-11-13(18(22)23)10-16(20)21/h8-9,13H,3-7,10-11H2,1-2H3,(H,22,23). The molecule has 1 aliphatic heterocycles. The number of carbonyl (C=O) groups excluding carboxylic acids is 1. The minimum absolute atomic E-state index is 0.0730. The number of hydrogen-bond donors (Lipinski definition) is 1. The molecule has 138 valence electrons. The van der Waals surface area contributed by atoms with E-state index in [0.29, 0.717) is 36.1 Å². The molecule has 25 heavy (non-hydrogen) atoms. The molecule has 7 heteroatoms. The largest absolute Gasteiger partial charge is 0.493 e. The van der Waals surface area contributed by atoms with E-state index >= 15 is 0 Å². The fourth-order valence-electron chi connectivity index (χ4n) is 2.79. The number of carbonyl (C=O) groups is 2. The first-order chi connectivity index (χ1) is 12.0. The number of aliphatic carboxylic acids is 1. The van der Waals surface area contributed by atoms with E-state index in [1.807, 2.05) is 6.07 Å². The van der Waals surface area contributed by atoms with Gasteiger partial charge in [-0.15, -0.1) is 0 Å². The van der Waals surface area contributed by atoms with Gasteiger partial charge in [-0.25, -0.2) is 0 Å². The molecule has 1 fully saturated rings. The Morgan fingerprint density at radius 1 is 1.44 bits per heavy atom. The van der Waals surface area contributed by atoms with Crippen molar-refractivity contribution in [1.82, 2.24) is 4.90 Å². The summed E-state index contributed by atoms with van der Waals surface area (Å²) < 4.78 is 11.1. The minimum Gasteiger partial charge on any atom is -0.493 e. The van der Waals surface area contributed by atoms with Gasteiger partial charge >= 0.3 is 5.97 Å². The number of methoxy groups -OCH3 is 1. The molecule has 6 nitrogen and oxygen atoms in total. The maximum Gasteiger partial charge on any atom is 0.308 e. The summed E-state index contributed by atoms with van der Waals surface area (Å²) in [5.41, 5.74) is 0.913. The van der Waals surface area contributed by atoms with Crippen LogP contribution in [0.25, 0.3) is 0 Å². The van der Waals surface area contributed by atoms with Gasteiger partial charge in [0.15, 0.2) is 11.5 Å². The van der Waals surface area contributed by atoms with E-state index in [0.717, 1.165) is 18.4 Å². The predicted octanol–water partition coefficient (Wildman–Crippen LogP) is 3.00. The topological polar surface area (TPSA) is 76.1 Å². The Morgan fingerprint density at radius 2 is 2.20 bits per heavy atom. The van der Waals surface area contributed by atoms with Gasteiger partial charge in [-0.3, -0.25) is 9.59 Å². The SMILES string of the molecule is CCCCOc1c(Cl)cc(CCN2CC(C(=O)O)CC2=O)cc1OC. The summed E-state index contributed by atoms with van der Waals surface area (Å²) in [5.74, 6) is -0.557. The molecule has 0 radical (unpaired) electrons. The van der Waals surface area contributed by atoms with Crippen LogP contribution in [0.3, 0.4) is 0 Å². The van der Waals surface area contributed by atoms with E-state index in [4.69, 9.17) is 26.2 Å². The van der Waals surface area contributed by atoms with Crippen molar-refractivity contribution in [2.75, 3.05) is 26.8 Å². The number of ether oxygens (including phenoxy) is 2. The van der Waals surface area contributed by atoms with Crippen LogP contribution >= 0.6 is 11.6 Å². The van der Waals surface area contributed by atoms with Gasteiger partial charge in [-0.2, -0.15) is 0 Å². The Labute approximate surface area is 152 Å². The summed E-state index contributed by atoms with van der Waals surface area (Å²) in [6.45, 7) is 3.38. The van der Waals surface area contributed by atoms with E-state index in [1.165, 1.54) is 0 Å². The zero-order valence-corrected chi connectivity index (χ0v) is 15.3. The quantitative estimate of drug-likeness (QED) is 0.677. The monoisotopic (exact) mass is 369 g/mol. The third-order valence-corrected chi connectivity index (χ3v) is 4.55. The van der Waals surface area contributed by atoms with Crippen molar-refractivity contribution in [3.63, 3.8) is 0 Å². The molecular formula is C18H24ClNO5. The number of hydrogen-bond acceptors (Lipinski definition) is 4. The molecule has 0 bridgehead atoms. The Hall–Kier alpha value is -1.95. The van der Waals surface area contributed by atoms with Gasteiger partial charge in [0.05, 0.1) is 24.7 Å². The number of carboxylic acids is 1. The first-order valence-electron chi connectivity index (χ1n) is 8.46. The summed E-state index contributed by atoms with van der Waals surface area (Å²) in [7, 11) is 1.56. The minimum atomic E-state index is -0.922. The highest BCUT2D eigenvalue weighted by Crippen LogP contribution is 2.36. The first kappa shape index (κ1) is 19.4. The van der Waals surface area contributed by atoms with Crippen LogP contribution in [0, 0.1) is 5.92 Å². The lowest BCUT2D eigenvalue weighted by molar-refractivity contribution is -0.141. The molecule has 0 saturated carbocycles. The molecule has 1 saturated heterocycles. The number of benzene rings is 1. The van der Waals surface area contributed by atoms with E-state index in [9.17, 15) is 9.59 Å². The number of nitrogens with zero attached hydrogens (tertiary/aromatic N) is 1. The number of halogens is 1. The van der Waals surface area contributed by atoms with Gasteiger partial charge in [-0.1, -0.05) is 24.9 Å². The van der Waals surface area contributed by atoms with E-state index in [2.05, 4.69) is 6.92 Å². The fraction of sp³-hybridized carbons (Fsp3) is 0.556. The number of unbranched alkanes of at least 4 members (excludes halogenated alkanes) is 1. The second kappa shape index (κ2) is 8.94. The Bertz CT molecular complexity index is 634. The van der Waals surface area contributed by atoms with E-state index < -0.39 is 11.9 Å². The van der Waals surface area contributed by atoms with Crippen LogP contribution in [-0.2, 0) is 16.0 Å². The van der Waals surface area contributed by atoms with Crippen LogP contribution < -0.4 is 9.47 Å². The smallest absolute Gasteiger partial charge is 0.308 e. The zero-order valence-electron chi connectivity index (χ0n) is 14.6. The lowest BCUT2D eigenvalue weighted by atomic mass is 10.1. The van der Waals surface area contributed by atoms with E-state index in [1.54, 1.807) is 18.1 Å². The molecule has 0 aliphatic carbocycles. The summed E-state index contributed by atoms with van der Waals surface area (Å²) in [5, 5.41) is 9.50. The van der Waals surface area contributed by atoms with Gasteiger partial charge in [0.1, 0.15) is 0 Å². The Morgan fingerprint density at radius 3 is 2.80 bits per heavy atom. The second-order valence-electron chi connectivity index (χ2n) is 6.14. The fourth-order valence-corrected chi connectivity index (χ4v) is 3.08. The third kappa shape index (κ3) is 5.01. The van der Waals surface area contributed by atoms with Crippen LogP contribution in [-0.4, -0.2) is 48.7 Å². The summed E-state index contributed by atoms with van der Waals surface area (Å²) in [4.78, 5) is 24.5. The predicted molar refractivity (Wildman–Crippen MR) is 94.4 cm³/mol. The van der Waals surface area contributed by atoms with Crippen molar-refractivity contribution in [2.24, 2.45) is 5.92 Å². The van der Waals surface area contributed by atoms with Gasteiger partial charge in [0.2, 0.25) is 5.91 Å². The van der Waals surface area contributed by atoms with Crippen LogP contribution in [0.15, 0.2) is 12.1 Å².